The number of furan rings is 1. The minimum absolute atomic E-state index is 0.583. The van der Waals surface area contributed by atoms with Gasteiger partial charge in [0, 0.05) is 0 Å². The molecule has 0 radical (unpaired) electrons. The number of hydrazine groups is 1. The van der Waals surface area contributed by atoms with Crippen molar-refractivity contribution in [1.29, 1.82) is 0 Å². The van der Waals surface area contributed by atoms with Crippen LogP contribution in [-0.4, -0.2) is 6.67 Å². The summed E-state index contributed by atoms with van der Waals surface area (Å²) in [6.07, 6.45) is 0. The molecule has 62 valence electrons. The van der Waals surface area contributed by atoms with Gasteiger partial charge in [-0.15, -0.1) is 0 Å². The maximum atomic E-state index is 5.30. The summed E-state index contributed by atoms with van der Waals surface area (Å²) in [5.41, 5.74) is 2.49. The van der Waals surface area contributed by atoms with E-state index in [2.05, 4.69) is 10.7 Å². The van der Waals surface area contributed by atoms with Crippen LogP contribution in [0.3, 0.4) is 0 Å². The van der Waals surface area contributed by atoms with Crippen molar-refractivity contribution >= 4 is 0 Å². The molecule has 0 aliphatic heterocycles. The average Bonchev–Trinajstić information content (AvgIpc) is 2.37. The fraction of sp³-hybridized carbons (Fsp3) is 0.429. The maximum Gasteiger partial charge on any atom is 0.117 e. The van der Waals surface area contributed by atoms with E-state index in [-0.39, 0.29) is 0 Å². The van der Waals surface area contributed by atoms with Gasteiger partial charge in [0.05, 0.1) is 13.2 Å². The highest BCUT2D eigenvalue weighted by Gasteiger charge is 1.95. The second-order valence-corrected chi connectivity index (χ2v) is 2.32. The van der Waals surface area contributed by atoms with E-state index in [1.165, 1.54) is 0 Å². The Morgan fingerprint density at radius 2 is 2.36 bits per heavy atom. The quantitative estimate of drug-likeness (QED) is 0.250. The number of rotatable bonds is 4. The van der Waals surface area contributed by atoms with E-state index in [0.29, 0.717) is 13.2 Å². The van der Waals surface area contributed by atoms with Gasteiger partial charge in [-0.3, -0.25) is 11.2 Å². The lowest BCUT2D eigenvalue weighted by Crippen LogP contribution is -2.33. The van der Waals surface area contributed by atoms with Crippen LogP contribution in [0.5, 0.6) is 0 Å². The van der Waals surface area contributed by atoms with Gasteiger partial charge in [-0.05, 0) is 19.1 Å². The van der Waals surface area contributed by atoms with Crippen LogP contribution in [-0.2, 0) is 6.54 Å². The lowest BCUT2D eigenvalue weighted by atomic mass is 10.4. The number of nitrogens with one attached hydrogen (secondary N) is 2. The monoisotopic (exact) mass is 155 g/mol. The molecule has 0 unspecified atom stereocenters. The highest BCUT2D eigenvalue weighted by molar-refractivity contribution is 5.04. The fourth-order valence-corrected chi connectivity index (χ4v) is 0.838. The van der Waals surface area contributed by atoms with Crippen molar-refractivity contribution in [3.63, 3.8) is 0 Å². The van der Waals surface area contributed by atoms with E-state index < -0.39 is 0 Å². The molecular weight excluding hydrogens is 142 g/mol. The van der Waals surface area contributed by atoms with Crippen molar-refractivity contribution in [2.24, 2.45) is 5.84 Å². The van der Waals surface area contributed by atoms with E-state index in [4.69, 9.17) is 10.3 Å². The SMILES string of the molecule is Cc1ccc(CNCNN)o1. The number of hydrogen-bond donors (Lipinski definition) is 3. The zero-order valence-electron chi connectivity index (χ0n) is 6.55. The van der Waals surface area contributed by atoms with Gasteiger partial charge < -0.3 is 4.42 Å². The van der Waals surface area contributed by atoms with Gasteiger partial charge in [0.1, 0.15) is 11.5 Å². The van der Waals surface area contributed by atoms with Crippen LogP contribution in [0.4, 0.5) is 0 Å². The van der Waals surface area contributed by atoms with Gasteiger partial charge in [0.25, 0.3) is 0 Å². The predicted molar refractivity (Wildman–Crippen MR) is 42.5 cm³/mol. The van der Waals surface area contributed by atoms with Crippen LogP contribution in [0.15, 0.2) is 16.5 Å². The Bertz CT molecular complexity index is 209. The van der Waals surface area contributed by atoms with Crippen molar-refractivity contribution in [3.8, 4) is 0 Å². The summed E-state index contributed by atoms with van der Waals surface area (Å²) in [7, 11) is 0. The summed E-state index contributed by atoms with van der Waals surface area (Å²) in [5.74, 6) is 6.92. The molecule has 0 aromatic carbocycles. The molecule has 1 rings (SSSR count). The average molecular weight is 155 g/mol. The summed E-state index contributed by atoms with van der Waals surface area (Å²) in [6, 6.07) is 3.88. The van der Waals surface area contributed by atoms with Crippen LogP contribution in [0.2, 0.25) is 0 Å². The first-order chi connectivity index (χ1) is 5.33. The fourth-order valence-electron chi connectivity index (χ4n) is 0.838. The third-order valence-corrected chi connectivity index (χ3v) is 1.32. The molecule has 0 fully saturated rings. The molecular formula is C7H13N3O. The standard InChI is InChI=1S/C7H13N3O/c1-6-2-3-7(11-6)4-9-5-10-8/h2-3,9-10H,4-5,8H2,1H3. The second-order valence-electron chi connectivity index (χ2n) is 2.32. The Balaban J connectivity index is 2.27. The molecule has 1 heterocycles. The van der Waals surface area contributed by atoms with E-state index >= 15 is 0 Å². The molecule has 1 aromatic rings. The molecule has 0 saturated carbocycles. The topological polar surface area (TPSA) is 63.2 Å². The van der Waals surface area contributed by atoms with Crippen molar-refractivity contribution in [2.45, 2.75) is 13.5 Å². The van der Waals surface area contributed by atoms with Crippen LogP contribution >= 0.6 is 0 Å². The Morgan fingerprint density at radius 1 is 1.55 bits per heavy atom. The smallest absolute Gasteiger partial charge is 0.117 e. The molecule has 0 bridgehead atoms. The molecule has 0 aliphatic rings. The molecule has 4 N–H and O–H groups in total. The lowest BCUT2D eigenvalue weighted by molar-refractivity contribution is 0.455. The van der Waals surface area contributed by atoms with Gasteiger partial charge in [0.2, 0.25) is 0 Å². The first-order valence-corrected chi connectivity index (χ1v) is 3.52. The van der Waals surface area contributed by atoms with Crippen LogP contribution in [0.25, 0.3) is 0 Å². The van der Waals surface area contributed by atoms with Crippen LogP contribution in [0.1, 0.15) is 11.5 Å². The van der Waals surface area contributed by atoms with Crippen molar-refractivity contribution < 1.29 is 4.42 Å². The first kappa shape index (κ1) is 8.26. The largest absolute Gasteiger partial charge is 0.465 e. The van der Waals surface area contributed by atoms with Gasteiger partial charge in [-0.2, -0.15) is 0 Å². The van der Waals surface area contributed by atoms with Crippen molar-refractivity contribution in [2.75, 3.05) is 6.67 Å². The zero-order chi connectivity index (χ0) is 8.10. The molecule has 0 amide bonds. The first-order valence-electron chi connectivity index (χ1n) is 3.52. The summed E-state index contributed by atoms with van der Waals surface area (Å²) in [4.78, 5) is 0. The van der Waals surface area contributed by atoms with Crippen molar-refractivity contribution in [3.05, 3.63) is 23.7 Å². The van der Waals surface area contributed by atoms with Crippen LogP contribution in [0, 0.1) is 6.92 Å². The minimum Gasteiger partial charge on any atom is -0.465 e. The molecule has 0 atom stereocenters. The maximum absolute atomic E-state index is 5.30. The number of nitrogens with two attached hydrogens (primary N) is 1. The second kappa shape index (κ2) is 4.12. The Kier molecular flexibility index (Phi) is 3.10. The highest BCUT2D eigenvalue weighted by atomic mass is 16.3. The van der Waals surface area contributed by atoms with Gasteiger partial charge in [-0.1, -0.05) is 0 Å². The molecule has 0 saturated heterocycles. The van der Waals surface area contributed by atoms with Gasteiger partial charge >= 0.3 is 0 Å². The van der Waals surface area contributed by atoms with Gasteiger partial charge in [-0.25, -0.2) is 5.43 Å². The molecule has 4 nitrogen and oxygen atoms in total. The van der Waals surface area contributed by atoms with E-state index in [1.54, 1.807) is 0 Å². The van der Waals surface area contributed by atoms with Crippen molar-refractivity contribution in [1.82, 2.24) is 10.7 Å². The van der Waals surface area contributed by atoms with Gasteiger partial charge in [0.15, 0.2) is 0 Å². The Hall–Kier alpha value is -0.840. The molecule has 1 aromatic heterocycles. The lowest BCUT2D eigenvalue weighted by Gasteiger charge is -1.99. The third kappa shape index (κ3) is 2.71. The molecule has 0 spiro atoms. The summed E-state index contributed by atoms with van der Waals surface area (Å²) >= 11 is 0. The Labute approximate surface area is 65.7 Å². The summed E-state index contributed by atoms with van der Waals surface area (Å²) in [5, 5.41) is 3.03. The number of hydrogen-bond acceptors (Lipinski definition) is 4. The molecule has 11 heavy (non-hydrogen) atoms. The highest BCUT2D eigenvalue weighted by Crippen LogP contribution is 2.04. The minimum atomic E-state index is 0.583. The normalized spacial score (nSPS) is 10.4. The van der Waals surface area contributed by atoms with E-state index in [0.717, 1.165) is 11.5 Å². The third-order valence-electron chi connectivity index (χ3n) is 1.32. The Morgan fingerprint density at radius 3 is 2.91 bits per heavy atom. The molecule has 0 aliphatic carbocycles. The van der Waals surface area contributed by atoms with Crippen LogP contribution < -0.4 is 16.6 Å². The zero-order valence-corrected chi connectivity index (χ0v) is 6.55. The van der Waals surface area contributed by atoms with E-state index in [1.807, 2.05) is 19.1 Å². The van der Waals surface area contributed by atoms with E-state index in [9.17, 15) is 0 Å². The number of aryl methyl sites for hydroxylation is 1. The molecule has 4 heteroatoms. The predicted octanol–water partition coefficient (Wildman–Crippen LogP) is 0.0984. The summed E-state index contributed by atoms with van der Waals surface area (Å²) < 4.78 is 5.30. The summed E-state index contributed by atoms with van der Waals surface area (Å²) in [6.45, 7) is 3.21.